The highest BCUT2D eigenvalue weighted by Crippen LogP contribution is 2.26. The first-order chi connectivity index (χ1) is 10.5. The van der Waals surface area contributed by atoms with Crippen LogP contribution in [0.4, 0.5) is 0 Å². The molecule has 2 aromatic carbocycles. The molecule has 0 amide bonds. The summed E-state index contributed by atoms with van der Waals surface area (Å²) in [5.74, 6) is 1.01. The highest BCUT2D eigenvalue weighted by Gasteiger charge is 2.12. The van der Waals surface area contributed by atoms with Gasteiger partial charge in [-0.1, -0.05) is 12.1 Å². The molecule has 0 spiro atoms. The van der Waals surface area contributed by atoms with Crippen molar-refractivity contribution in [3.63, 3.8) is 0 Å². The molecule has 0 aliphatic rings. The summed E-state index contributed by atoms with van der Waals surface area (Å²) in [4.78, 5) is 0. The van der Waals surface area contributed by atoms with Crippen molar-refractivity contribution >= 4 is 10.9 Å². The number of rotatable bonds is 4. The fourth-order valence-corrected chi connectivity index (χ4v) is 2.81. The van der Waals surface area contributed by atoms with Crippen molar-refractivity contribution in [1.82, 2.24) is 4.57 Å². The Hall–Kier alpha value is -2.42. The standard InChI is InChI=1S/C19H21NO2/c1-13(2)20-16(11-15-5-4-14(3)10-19(15)20)12-22-18-8-6-17(21)7-9-18/h4-11,13,21H,12H2,1-3H3. The molecule has 3 nitrogen and oxygen atoms in total. The monoisotopic (exact) mass is 295 g/mol. The number of hydrogen-bond donors (Lipinski definition) is 1. The summed E-state index contributed by atoms with van der Waals surface area (Å²) < 4.78 is 8.19. The van der Waals surface area contributed by atoms with Gasteiger partial charge in [0.25, 0.3) is 0 Å². The summed E-state index contributed by atoms with van der Waals surface area (Å²) in [6.45, 7) is 7.00. The number of aromatic hydroxyl groups is 1. The largest absolute Gasteiger partial charge is 0.508 e. The van der Waals surface area contributed by atoms with Gasteiger partial charge in [-0.25, -0.2) is 0 Å². The maximum atomic E-state index is 9.32. The minimum Gasteiger partial charge on any atom is -0.508 e. The smallest absolute Gasteiger partial charge is 0.128 e. The summed E-state index contributed by atoms with van der Waals surface area (Å²) in [6.07, 6.45) is 0. The molecule has 0 aliphatic heterocycles. The molecule has 0 saturated heterocycles. The lowest BCUT2D eigenvalue weighted by molar-refractivity contribution is 0.292. The van der Waals surface area contributed by atoms with Crippen LogP contribution >= 0.6 is 0 Å². The summed E-state index contributed by atoms with van der Waals surface area (Å²) in [5, 5.41) is 10.6. The van der Waals surface area contributed by atoms with Crippen molar-refractivity contribution in [2.45, 2.75) is 33.4 Å². The Morgan fingerprint density at radius 1 is 1.05 bits per heavy atom. The Kier molecular flexibility index (Phi) is 3.80. The van der Waals surface area contributed by atoms with Crippen molar-refractivity contribution < 1.29 is 9.84 Å². The van der Waals surface area contributed by atoms with Gasteiger partial charge >= 0.3 is 0 Å². The zero-order valence-electron chi connectivity index (χ0n) is 13.2. The summed E-state index contributed by atoms with van der Waals surface area (Å²) >= 11 is 0. The first-order valence-corrected chi connectivity index (χ1v) is 7.57. The van der Waals surface area contributed by atoms with Crippen molar-refractivity contribution in [3.05, 3.63) is 59.8 Å². The van der Waals surface area contributed by atoms with Crippen LogP contribution < -0.4 is 4.74 Å². The number of fused-ring (bicyclic) bond motifs is 1. The van der Waals surface area contributed by atoms with Gasteiger partial charge in [0, 0.05) is 16.9 Å². The topological polar surface area (TPSA) is 34.4 Å². The van der Waals surface area contributed by atoms with E-state index in [0.29, 0.717) is 12.6 Å². The molecule has 0 atom stereocenters. The molecule has 114 valence electrons. The van der Waals surface area contributed by atoms with Gasteiger partial charge in [0.1, 0.15) is 18.1 Å². The van der Waals surface area contributed by atoms with Gasteiger partial charge in [0.2, 0.25) is 0 Å². The van der Waals surface area contributed by atoms with Crippen LogP contribution in [0, 0.1) is 6.92 Å². The van der Waals surface area contributed by atoms with Crippen LogP contribution in [0.2, 0.25) is 0 Å². The minimum atomic E-state index is 0.249. The van der Waals surface area contributed by atoms with Crippen LogP contribution in [-0.2, 0) is 6.61 Å². The maximum Gasteiger partial charge on any atom is 0.128 e. The van der Waals surface area contributed by atoms with Gasteiger partial charge in [-0.15, -0.1) is 0 Å². The normalized spacial score (nSPS) is 11.3. The molecule has 3 aromatic rings. The molecule has 3 rings (SSSR count). The van der Waals surface area contributed by atoms with Crippen LogP contribution in [0.1, 0.15) is 31.1 Å². The SMILES string of the molecule is Cc1ccc2cc(COc3ccc(O)cc3)n(C(C)C)c2c1. The first kappa shape index (κ1) is 14.5. The van der Waals surface area contributed by atoms with Crippen LogP contribution in [0.15, 0.2) is 48.5 Å². The molecule has 0 aliphatic carbocycles. The predicted molar refractivity (Wildman–Crippen MR) is 89.5 cm³/mol. The fraction of sp³-hybridized carbons (Fsp3) is 0.263. The molecule has 0 fully saturated rings. The highest BCUT2D eigenvalue weighted by atomic mass is 16.5. The van der Waals surface area contributed by atoms with E-state index in [4.69, 9.17) is 4.74 Å². The number of phenolic OH excluding ortho intramolecular Hbond substituents is 1. The number of benzene rings is 2. The van der Waals surface area contributed by atoms with E-state index in [0.717, 1.165) is 11.4 Å². The van der Waals surface area contributed by atoms with Crippen LogP contribution in [-0.4, -0.2) is 9.67 Å². The lowest BCUT2D eigenvalue weighted by atomic mass is 10.2. The first-order valence-electron chi connectivity index (χ1n) is 7.57. The van der Waals surface area contributed by atoms with Gasteiger partial charge < -0.3 is 14.4 Å². The van der Waals surface area contributed by atoms with Gasteiger partial charge in [-0.05, 0) is 62.7 Å². The van der Waals surface area contributed by atoms with E-state index in [1.54, 1.807) is 24.3 Å². The van der Waals surface area contributed by atoms with E-state index >= 15 is 0 Å². The second-order valence-electron chi connectivity index (χ2n) is 5.94. The molecule has 3 heteroatoms. The average Bonchev–Trinajstić information content (AvgIpc) is 2.84. The Bertz CT molecular complexity index is 785. The Morgan fingerprint density at radius 3 is 2.45 bits per heavy atom. The van der Waals surface area contributed by atoms with Gasteiger partial charge in [0.05, 0.1) is 5.69 Å². The van der Waals surface area contributed by atoms with Gasteiger partial charge in [-0.3, -0.25) is 0 Å². The molecule has 0 unspecified atom stereocenters. The summed E-state index contributed by atoms with van der Waals surface area (Å²) in [7, 11) is 0. The number of ether oxygens (including phenoxy) is 1. The molecular weight excluding hydrogens is 274 g/mol. The van der Waals surface area contributed by atoms with E-state index in [1.807, 2.05) is 0 Å². The molecule has 1 N–H and O–H groups in total. The predicted octanol–water partition coefficient (Wildman–Crippen LogP) is 4.82. The Labute approximate surface area is 130 Å². The molecule has 0 saturated carbocycles. The minimum absolute atomic E-state index is 0.249. The number of aromatic nitrogens is 1. The zero-order chi connectivity index (χ0) is 15.7. The van der Waals surface area contributed by atoms with E-state index in [2.05, 4.69) is 49.6 Å². The van der Waals surface area contributed by atoms with E-state index in [1.165, 1.54) is 16.5 Å². The second kappa shape index (κ2) is 5.76. The molecule has 1 heterocycles. The van der Waals surface area contributed by atoms with E-state index < -0.39 is 0 Å². The fourth-order valence-electron chi connectivity index (χ4n) is 2.81. The quantitative estimate of drug-likeness (QED) is 0.749. The number of nitrogens with zero attached hydrogens (tertiary/aromatic N) is 1. The van der Waals surface area contributed by atoms with Crippen LogP contribution in [0.5, 0.6) is 11.5 Å². The number of aryl methyl sites for hydroxylation is 1. The highest BCUT2D eigenvalue weighted by molar-refractivity contribution is 5.82. The zero-order valence-corrected chi connectivity index (χ0v) is 13.2. The lowest BCUT2D eigenvalue weighted by Gasteiger charge is -2.15. The summed E-state index contributed by atoms with van der Waals surface area (Å²) in [5.41, 5.74) is 3.67. The van der Waals surface area contributed by atoms with Crippen LogP contribution in [0.25, 0.3) is 10.9 Å². The average molecular weight is 295 g/mol. The van der Waals surface area contributed by atoms with Crippen molar-refractivity contribution in [2.24, 2.45) is 0 Å². The molecular formula is C19H21NO2. The van der Waals surface area contributed by atoms with Crippen molar-refractivity contribution in [1.29, 1.82) is 0 Å². The third kappa shape index (κ3) is 2.80. The number of phenols is 1. The van der Waals surface area contributed by atoms with E-state index in [-0.39, 0.29) is 5.75 Å². The van der Waals surface area contributed by atoms with Crippen molar-refractivity contribution in [2.75, 3.05) is 0 Å². The molecule has 1 aromatic heterocycles. The Balaban J connectivity index is 1.92. The lowest BCUT2D eigenvalue weighted by Crippen LogP contribution is -2.08. The molecule has 0 bridgehead atoms. The third-order valence-corrected chi connectivity index (χ3v) is 3.82. The van der Waals surface area contributed by atoms with Crippen LogP contribution in [0.3, 0.4) is 0 Å². The summed E-state index contributed by atoms with van der Waals surface area (Å²) in [6, 6.07) is 15.9. The van der Waals surface area contributed by atoms with Gasteiger partial charge in [0.15, 0.2) is 0 Å². The molecule has 0 radical (unpaired) electrons. The second-order valence-corrected chi connectivity index (χ2v) is 5.94. The Morgan fingerprint density at radius 2 is 1.77 bits per heavy atom. The molecule has 22 heavy (non-hydrogen) atoms. The maximum absolute atomic E-state index is 9.32. The third-order valence-electron chi connectivity index (χ3n) is 3.82. The van der Waals surface area contributed by atoms with Gasteiger partial charge in [-0.2, -0.15) is 0 Å². The number of hydrogen-bond acceptors (Lipinski definition) is 2. The van der Waals surface area contributed by atoms with Crippen molar-refractivity contribution in [3.8, 4) is 11.5 Å². The van der Waals surface area contributed by atoms with E-state index in [9.17, 15) is 5.11 Å².